The summed E-state index contributed by atoms with van der Waals surface area (Å²) in [4.78, 5) is 11.5. The number of hydrogen-bond acceptors (Lipinski definition) is 5. The van der Waals surface area contributed by atoms with Crippen LogP contribution in [-0.2, 0) is 30.3 Å². The van der Waals surface area contributed by atoms with Crippen LogP contribution in [0.2, 0.25) is 0 Å². The van der Waals surface area contributed by atoms with Crippen molar-refractivity contribution in [3.8, 4) is 0 Å². The molecule has 140 valence electrons. The van der Waals surface area contributed by atoms with E-state index in [4.69, 9.17) is 18.9 Å². The largest absolute Gasteiger partial charge is 0.469 e. The minimum atomic E-state index is -0.189. The average Bonchev–Trinajstić information content (AvgIpc) is 2.63. The second-order valence-corrected chi connectivity index (χ2v) is 6.68. The second kappa shape index (κ2) is 11.2. The van der Waals surface area contributed by atoms with E-state index in [0.29, 0.717) is 19.6 Å². The number of ether oxygens (including phenoxy) is 4. The number of carbonyl (C=O) groups is 1. The van der Waals surface area contributed by atoms with Crippen LogP contribution in [0.3, 0.4) is 0 Å². The van der Waals surface area contributed by atoms with Crippen LogP contribution < -0.4 is 0 Å². The second-order valence-electron chi connectivity index (χ2n) is 6.68. The fraction of sp³-hybridized carbons (Fsp3) is 0.650. The Bertz CT molecular complexity index is 484. The lowest BCUT2D eigenvalue weighted by molar-refractivity contribution is -0.201. The van der Waals surface area contributed by atoms with Crippen molar-refractivity contribution in [3.05, 3.63) is 35.9 Å². The van der Waals surface area contributed by atoms with Gasteiger partial charge < -0.3 is 18.9 Å². The van der Waals surface area contributed by atoms with Crippen LogP contribution >= 0.6 is 0 Å². The smallest absolute Gasteiger partial charge is 0.305 e. The van der Waals surface area contributed by atoms with Gasteiger partial charge in [-0.25, -0.2) is 0 Å². The Kier molecular flexibility index (Phi) is 8.94. The molecule has 0 bridgehead atoms. The molecule has 1 heterocycles. The first kappa shape index (κ1) is 19.9. The zero-order valence-electron chi connectivity index (χ0n) is 15.3. The lowest BCUT2D eigenvalue weighted by Gasteiger charge is -2.29. The molecule has 0 radical (unpaired) electrons. The van der Waals surface area contributed by atoms with Crippen molar-refractivity contribution in [1.29, 1.82) is 0 Å². The van der Waals surface area contributed by atoms with Gasteiger partial charge in [-0.3, -0.25) is 4.79 Å². The van der Waals surface area contributed by atoms with E-state index in [1.54, 1.807) is 0 Å². The van der Waals surface area contributed by atoms with Crippen LogP contribution in [0.5, 0.6) is 0 Å². The lowest BCUT2D eigenvalue weighted by Crippen LogP contribution is -2.32. The van der Waals surface area contributed by atoms with E-state index in [-0.39, 0.29) is 24.3 Å². The van der Waals surface area contributed by atoms with Crippen LogP contribution in [0.15, 0.2) is 30.3 Å². The van der Waals surface area contributed by atoms with Gasteiger partial charge in [0.2, 0.25) is 0 Å². The summed E-state index contributed by atoms with van der Waals surface area (Å²) in [7, 11) is 1.42. The maximum absolute atomic E-state index is 11.5. The molecular formula is C20H30O5. The molecule has 0 saturated carbocycles. The van der Waals surface area contributed by atoms with Gasteiger partial charge in [-0.05, 0) is 37.2 Å². The molecule has 1 fully saturated rings. The van der Waals surface area contributed by atoms with E-state index >= 15 is 0 Å². The predicted octanol–water partition coefficient (Wildman–Crippen LogP) is 3.70. The first-order valence-corrected chi connectivity index (χ1v) is 9.13. The van der Waals surface area contributed by atoms with Gasteiger partial charge in [0.15, 0.2) is 6.29 Å². The summed E-state index contributed by atoms with van der Waals surface area (Å²) in [5, 5.41) is 0. The van der Waals surface area contributed by atoms with Crippen LogP contribution in [0, 0.1) is 5.92 Å². The molecule has 1 unspecified atom stereocenters. The lowest BCUT2D eigenvalue weighted by atomic mass is 10.00. The monoisotopic (exact) mass is 350 g/mol. The van der Waals surface area contributed by atoms with Crippen LogP contribution in [0.4, 0.5) is 0 Å². The molecule has 0 amide bonds. The third-order valence-electron chi connectivity index (χ3n) is 4.31. The summed E-state index contributed by atoms with van der Waals surface area (Å²) in [5.41, 5.74) is 1.14. The maximum atomic E-state index is 11.5. The highest BCUT2D eigenvalue weighted by Gasteiger charge is 2.23. The Hall–Kier alpha value is -1.43. The summed E-state index contributed by atoms with van der Waals surface area (Å²) < 4.78 is 22.4. The normalized spacial score (nSPS) is 20.0. The molecule has 0 aromatic heterocycles. The molecule has 0 aliphatic carbocycles. The Morgan fingerprint density at radius 1 is 1.28 bits per heavy atom. The zero-order chi connectivity index (χ0) is 17.9. The molecule has 1 aromatic rings. The molecule has 25 heavy (non-hydrogen) atoms. The van der Waals surface area contributed by atoms with Gasteiger partial charge in [-0.15, -0.1) is 0 Å². The summed E-state index contributed by atoms with van der Waals surface area (Å²) in [6.45, 7) is 3.82. The minimum absolute atomic E-state index is 0.0912. The topological polar surface area (TPSA) is 54.0 Å². The first-order valence-electron chi connectivity index (χ1n) is 9.13. The maximum Gasteiger partial charge on any atom is 0.305 e. The Morgan fingerprint density at radius 3 is 2.76 bits per heavy atom. The van der Waals surface area contributed by atoms with Crippen molar-refractivity contribution in [3.63, 3.8) is 0 Å². The van der Waals surface area contributed by atoms with Crippen molar-refractivity contribution in [2.24, 2.45) is 5.92 Å². The van der Waals surface area contributed by atoms with Gasteiger partial charge >= 0.3 is 5.97 Å². The number of hydrogen-bond donors (Lipinski definition) is 0. The number of carbonyl (C=O) groups excluding carboxylic acids is 1. The standard InChI is InChI=1S/C20H30O5/c1-16(13-19(21)22-2)12-18(25-20-10-6-7-11-24-20)15-23-14-17-8-4-3-5-9-17/h3-5,8-9,16,18,20H,6-7,10-15H2,1-2H3/t16-,18-,20?/m1/s1. The number of benzene rings is 1. The van der Waals surface area contributed by atoms with E-state index in [0.717, 1.165) is 37.9 Å². The van der Waals surface area contributed by atoms with Gasteiger partial charge in [0, 0.05) is 13.0 Å². The van der Waals surface area contributed by atoms with Crippen LogP contribution in [0.25, 0.3) is 0 Å². The summed E-state index contributed by atoms with van der Waals surface area (Å²) in [5.74, 6) is -0.0215. The molecular weight excluding hydrogens is 320 g/mol. The van der Waals surface area contributed by atoms with Crippen molar-refractivity contribution in [2.75, 3.05) is 20.3 Å². The highest BCUT2D eigenvalue weighted by atomic mass is 16.7. The van der Waals surface area contributed by atoms with E-state index in [2.05, 4.69) is 0 Å². The van der Waals surface area contributed by atoms with Gasteiger partial charge in [0.1, 0.15) is 0 Å². The third kappa shape index (κ3) is 7.99. The predicted molar refractivity (Wildman–Crippen MR) is 95.0 cm³/mol. The number of esters is 1. The highest BCUT2D eigenvalue weighted by molar-refractivity contribution is 5.69. The molecule has 1 aromatic carbocycles. The van der Waals surface area contributed by atoms with E-state index in [9.17, 15) is 4.79 Å². The van der Waals surface area contributed by atoms with E-state index < -0.39 is 0 Å². The van der Waals surface area contributed by atoms with Gasteiger partial charge in [0.25, 0.3) is 0 Å². The Morgan fingerprint density at radius 2 is 2.08 bits per heavy atom. The molecule has 5 nitrogen and oxygen atoms in total. The fourth-order valence-electron chi connectivity index (χ4n) is 2.98. The molecule has 0 N–H and O–H groups in total. The van der Waals surface area contributed by atoms with Crippen molar-refractivity contribution in [2.45, 2.75) is 58.0 Å². The van der Waals surface area contributed by atoms with Crippen molar-refractivity contribution < 1.29 is 23.7 Å². The first-order chi connectivity index (χ1) is 12.2. The molecule has 0 spiro atoms. The highest BCUT2D eigenvalue weighted by Crippen LogP contribution is 2.21. The van der Waals surface area contributed by atoms with Crippen molar-refractivity contribution >= 4 is 5.97 Å². The average molecular weight is 350 g/mol. The van der Waals surface area contributed by atoms with Crippen LogP contribution in [-0.4, -0.2) is 38.7 Å². The third-order valence-corrected chi connectivity index (χ3v) is 4.31. The van der Waals surface area contributed by atoms with E-state index in [1.165, 1.54) is 7.11 Å². The van der Waals surface area contributed by atoms with Crippen LogP contribution in [0.1, 0.15) is 44.6 Å². The SMILES string of the molecule is COC(=O)C[C@H](C)C[C@H](COCc1ccccc1)OC1CCCCO1. The quantitative estimate of drug-likeness (QED) is 0.602. The summed E-state index contributed by atoms with van der Waals surface area (Å²) in [6.07, 6.45) is 4.01. The number of rotatable bonds is 10. The molecule has 1 saturated heterocycles. The molecule has 1 aliphatic heterocycles. The Labute approximate surface area is 150 Å². The Balaban J connectivity index is 1.82. The molecule has 2 rings (SSSR count). The minimum Gasteiger partial charge on any atom is -0.469 e. The summed E-state index contributed by atoms with van der Waals surface area (Å²) in [6, 6.07) is 10.1. The fourth-order valence-corrected chi connectivity index (χ4v) is 2.98. The number of methoxy groups -OCH3 is 1. The van der Waals surface area contributed by atoms with Gasteiger partial charge in [-0.1, -0.05) is 37.3 Å². The van der Waals surface area contributed by atoms with Crippen molar-refractivity contribution in [1.82, 2.24) is 0 Å². The molecule has 5 heteroatoms. The molecule has 3 atom stereocenters. The van der Waals surface area contributed by atoms with Gasteiger partial charge in [0.05, 0.1) is 26.4 Å². The zero-order valence-corrected chi connectivity index (χ0v) is 15.3. The van der Waals surface area contributed by atoms with Gasteiger partial charge in [-0.2, -0.15) is 0 Å². The summed E-state index contributed by atoms with van der Waals surface area (Å²) >= 11 is 0. The van der Waals surface area contributed by atoms with E-state index in [1.807, 2.05) is 37.3 Å². The molecule has 1 aliphatic rings.